The summed E-state index contributed by atoms with van der Waals surface area (Å²) in [4.78, 5) is 7.92. The van der Waals surface area contributed by atoms with Gasteiger partial charge in [-0.2, -0.15) is 9.61 Å². The fourth-order valence-electron chi connectivity index (χ4n) is 4.34. The van der Waals surface area contributed by atoms with Crippen LogP contribution in [0.25, 0.3) is 16.9 Å². The maximum atomic E-state index is 12.7. The highest BCUT2D eigenvalue weighted by Crippen LogP contribution is 2.28. The highest BCUT2D eigenvalue weighted by molar-refractivity contribution is 9.10. The van der Waals surface area contributed by atoms with Gasteiger partial charge in [-0.3, -0.25) is 0 Å². The van der Waals surface area contributed by atoms with Crippen LogP contribution in [-0.2, 0) is 11.0 Å². The SMILES string of the molecule is CN1CCCC1CCNS(=O)c1ccc(Nc2cc(-c3ccccc3)nc3c(Br)cnn23)cc1. The molecular formula is C25H27BrN6OS. The Morgan fingerprint density at radius 1 is 1.15 bits per heavy atom. The van der Waals surface area contributed by atoms with Crippen LogP contribution in [0.3, 0.4) is 0 Å². The first-order valence-electron chi connectivity index (χ1n) is 11.4. The molecule has 5 rings (SSSR count). The van der Waals surface area contributed by atoms with Gasteiger partial charge in [-0.15, -0.1) is 0 Å². The fourth-order valence-corrected chi connectivity index (χ4v) is 5.54. The van der Waals surface area contributed by atoms with Crippen LogP contribution in [0.2, 0.25) is 0 Å². The molecule has 0 radical (unpaired) electrons. The molecular weight excluding hydrogens is 512 g/mol. The minimum atomic E-state index is -1.23. The average molecular weight is 540 g/mol. The van der Waals surface area contributed by atoms with Crippen molar-refractivity contribution in [3.8, 4) is 11.3 Å². The normalized spacial score (nSPS) is 17.3. The summed E-state index contributed by atoms with van der Waals surface area (Å²) in [5.41, 5.74) is 3.50. The number of hydrogen-bond acceptors (Lipinski definition) is 5. The van der Waals surface area contributed by atoms with Crippen LogP contribution in [0.15, 0.2) is 76.2 Å². The van der Waals surface area contributed by atoms with Crippen LogP contribution >= 0.6 is 15.9 Å². The van der Waals surface area contributed by atoms with Crippen LogP contribution in [-0.4, -0.2) is 49.9 Å². The Bertz CT molecular complexity index is 1290. The van der Waals surface area contributed by atoms with Crippen molar-refractivity contribution in [2.24, 2.45) is 0 Å². The topological polar surface area (TPSA) is 74.6 Å². The quantitative estimate of drug-likeness (QED) is 0.330. The molecule has 2 aromatic carbocycles. The Kier molecular flexibility index (Phi) is 7.05. The molecule has 7 nitrogen and oxygen atoms in total. The second kappa shape index (κ2) is 10.4. The lowest BCUT2D eigenvalue weighted by atomic mass is 10.1. The summed E-state index contributed by atoms with van der Waals surface area (Å²) < 4.78 is 18.4. The number of benzene rings is 2. The van der Waals surface area contributed by atoms with E-state index in [1.807, 2.05) is 60.7 Å². The minimum absolute atomic E-state index is 0.594. The molecule has 1 fully saturated rings. The number of halogens is 1. The van der Waals surface area contributed by atoms with Gasteiger partial charge in [-0.25, -0.2) is 13.9 Å². The van der Waals surface area contributed by atoms with Crippen LogP contribution in [0.1, 0.15) is 19.3 Å². The Morgan fingerprint density at radius 3 is 2.68 bits per heavy atom. The second-order valence-electron chi connectivity index (χ2n) is 8.50. The summed E-state index contributed by atoms with van der Waals surface area (Å²) in [5.74, 6) is 0.794. The number of anilines is 2. The first-order valence-corrected chi connectivity index (χ1v) is 13.3. The van der Waals surface area contributed by atoms with E-state index in [1.165, 1.54) is 12.8 Å². The number of aromatic nitrogens is 3. The summed E-state index contributed by atoms with van der Waals surface area (Å²) in [6, 6.07) is 20.3. The van der Waals surface area contributed by atoms with Crippen molar-refractivity contribution in [2.75, 3.05) is 25.5 Å². The maximum absolute atomic E-state index is 12.7. The zero-order valence-electron chi connectivity index (χ0n) is 18.9. The van der Waals surface area contributed by atoms with Crippen LogP contribution < -0.4 is 10.0 Å². The molecule has 2 aromatic heterocycles. The van der Waals surface area contributed by atoms with Gasteiger partial charge in [0.05, 0.1) is 21.3 Å². The van der Waals surface area contributed by atoms with Crippen LogP contribution in [0.5, 0.6) is 0 Å². The van der Waals surface area contributed by atoms with Gasteiger partial charge in [0.25, 0.3) is 0 Å². The van der Waals surface area contributed by atoms with Crippen molar-refractivity contribution in [1.29, 1.82) is 0 Å². The molecule has 2 unspecified atom stereocenters. The monoisotopic (exact) mass is 538 g/mol. The predicted molar refractivity (Wildman–Crippen MR) is 141 cm³/mol. The smallest absolute Gasteiger partial charge is 0.172 e. The lowest BCUT2D eigenvalue weighted by molar-refractivity contribution is 0.297. The molecule has 1 aliphatic heterocycles. The van der Waals surface area contributed by atoms with E-state index >= 15 is 0 Å². The minimum Gasteiger partial charge on any atom is -0.340 e. The predicted octanol–water partition coefficient (Wildman–Crippen LogP) is 5.00. The third-order valence-electron chi connectivity index (χ3n) is 6.22. The van der Waals surface area contributed by atoms with Crippen LogP contribution in [0, 0.1) is 0 Å². The molecule has 34 heavy (non-hydrogen) atoms. The number of nitrogens with zero attached hydrogens (tertiary/aromatic N) is 4. The highest BCUT2D eigenvalue weighted by Gasteiger charge is 2.20. The Hall–Kier alpha value is -2.59. The lowest BCUT2D eigenvalue weighted by Gasteiger charge is -2.19. The number of fused-ring (bicyclic) bond motifs is 1. The summed E-state index contributed by atoms with van der Waals surface area (Å²) in [6.45, 7) is 1.90. The maximum Gasteiger partial charge on any atom is 0.172 e. The lowest BCUT2D eigenvalue weighted by Crippen LogP contribution is -2.29. The van der Waals surface area contributed by atoms with E-state index in [-0.39, 0.29) is 0 Å². The number of rotatable bonds is 8. The number of hydrogen-bond donors (Lipinski definition) is 2. The van der Waals surface area contributed by atoms with Gasteiger partial charge in [0.1, 0.15) is 16.8 Å². The average Bonchev–Trinajstić information content (AvgIpc) is 3.45. The molecule has 176 valence electrons. The molecule has 1 aliphatic rings. The van der Waals surface area contributed by atoms with Crippen molar-refractivity contribution in [2.45, 2.75) is 30.2 Å². The molecule has 3 heterocycles. The first kappa shape index (κ1) is 23.2. The molecule has 0 bridgehead atoms. The van der Waals surface area contributed by atoms with E-state index < -0.39 is 11.0 Å². The molecule has 4 aromatic rings. The van der Waals surface area contributed by atoms with Crippen LogP contribution in [0.4, 0.5) is 11.5 Å². The van der Waals surface area contributed by atoms with Gasteiger partial charge in [-0.05, 0) is 73.1 Å². The van der Waals surface area contributed by atoms with Gasteiger partial charge >= 0.3 is 0 Å². The molecule has 0 spiro atoms. The summed E-state index contributed by atoms with van der Waals surface area (Å²) in [5, 5.41) is 7.89. The summed E-state index contributed by atoms with van der Waals surface area (Å²) in [7, 11) is 0.941. The van der Waals surface area contributed by atoms with Crippen molar-refractivity contribution >= 4 is 44.1 Å². The summed E-state index contributed by atoms with van der Waals surface area (Å²) in [6.07, 6.45) is 5.24. The molecule has 0 aliphatic carbocycles. The van der Waals surface area contributed by atoms with Gasteiger partial charge in [0.2, 0.25) is 0 Å². The molecule has 2 N–H and O–H groups in total. The van der Waals surface area contributed by atoms with E-state index in [0.29, 0.717) is 6.04 Å². The van der Waals surface area contributed by atoms with Crippen molar-refractivity contribution in [1.82, 2.24) is 24.2 Å². The van der Waals surface area contributed by atoms with Gasteiger partial charge in [0.15, 0.2) is 5.65 Å². The number of likely N-dealkylation sites (tertiary alicyclic amines) is 1. The Morgan fingerprint density at radius 2 is 1.94 bits per heavy atom. The van der Waals surface area contributed by atoms with Gasteiger partial charge in [-0.1, -0.05) is 30.3 Å². The zero-order chi connectivity index (χ0) is 23.5. The Balaban J connectivity index is 1.30. The number of nitrogens with one attached hydrogen (secondary N) is 2. The third kappa shape index (κ3) is 5.07. The van der Waals surface area contributed by atoms with E-state index in [4.69, 9.17) is 4.98 Å². The van der Waals surface area contributed by atoms with E-state index in [1.54, 1.807) is 10.7 Å². The Labute approximate surface area is 210 Å². The van der Waals surface area contributed by atoms with Crippen molar-refractivity contribution in [3.05, 3.63) is 71.3 Å². The van der Waals surface area contributed by atoms with Crippen molar-refractivity contribution < 1.29 is 4.21 Å². The first-order chi connectivity index (χ1) is 16.6. The molecule has 9 heteroatoms. The largest absolute Gasteiger partial charge is 0.340 e. The molecule has 2 atom stereocenters. The van der Waals surface area contributed by atoms with E-state index in [0.717, 1.165) is 57.3 Å². The van der Waals surface area contributed by atoms with E-state index in [2.05, 4.69) is 43.0 Å². The fraction of sp³-hybridized carbons (Fsp3) is 0.280. The third-order valence-corrected chi connectivity index (χ3v) is 7.95. The summed E-state index contributed by atoms with van der Waals surface area (Å²) >= 11 is 3.55. The molecule has 0 saturated carbocycles. The van der Waals surface area contributed by atoms with Gasteiger partial charge in [0, 0.05) is 29.9 Å². The molecule has 0 amide bonds. The van der Waals surface area contributed by atoms with E-state index in [9.17, 15) is 4.21 Å². The molecule has 1 saturated heterocycles. The standard InChI is InChI=1S/C25H27BrN6OS/c1-31-15-5-8-20(31)13-14-28-34(33)21-11-9-19(10-12-21)29-24-16-23(18-6-3-2-4-7-18)30-25-22(26)17-27-32(24)25/h2-4,6-7,9-12,16-17,20,28-29H,5,8,13-15H2,1H3. The van der Waals surface area contributed by atoms with Gasteiger partial charge < -0.3 is 10.2 Å². The highest BCUT2D eigenvalue weighted by atomic mass is 79.9. The second-order valence-corrected chi connectivity index (χ2v) is 10.7. The van der Waals surface area contributed by atoms with Crippen molar-refractivity contribution in [3.63, 3.8) is 0 Å². The zero-order valence-corrected chi connectivity index (χ0v) is 21.3.